The van der Waals surface area contributed by atoms with Gasteiger partial charge in [0.05, 0.1) is 13.2 Å². The Balaban J connectivity index is 1.45. The average molecular weight is 328 g/mol. The lowest BCUT2D eigenvalue weighted by Crippen LogP contribution is -2.45. The van der Waals surface area contributed by atoms with E-state index in [0.29, 0.717) is 23.5 Å². The summed E-state index contributed by atoms with van der Waals surface area (Å²) in [5.41, 5.74) is 4.10. The van der Waals surface area contributed by atoms with Gasteiger partial charge in [0.2, 0.25) is 0 Å². The molecule has 0 radical (unpaired) electrons. The molecule has 1 saturated heterocycles. The third kappa shape index (κ3) is 1.94. The Morgan fingerprint density at radius 1 is 1.12 bits per heavy atom. The van der Waals surface area contributed by atoms with Gasteiger partial charge in [0.1, 0.15) is 0 Å². The van der Waals surface area contributed by atoms with Crippen LogP contribution in [0.4, 0.5) is 0 Å². The highest BCUT2D eigenvalue weighted by Crippen LogP contribution is 2.61. The van der Waals surface area contributed by atoms with Gasteiger partial charge in [-0.1, -0.05) is 24.6 Å². The Morgan fingerprint density at radius 2 is 1.92 bits per heavy atom. The van der Waals surface area contributed by atoms with Crippen LogP contribution in [0.5, 0.6) is 0 Å². The van der Waals surface area contributed by atoms with Crippen molar-refractivity contribution in [2.45, 2.75) is 64.1 Å². The van der Waals surface area contributed by atoms with Crippen LogP contribution in [0.15, 0.2) is 23.3 Å². The van der Waals surface area contributed by atoms with Crippen molar-refractivity contribution >= 4 is 5.78 Å². The summed E-state index contributed by atoms with van der Waals surface area (Å²) in [4.78, 5) is 12.6. The van der Waals surface area contributed by atoms with Gasteiger partial charge in [0.15, 0.2) is 11.6 Å². The van der Waals surface area contributed by atoms with Crippen LogP contribution in [0.25, 0.3) is 0 Å². The van der Waals surface area contributed by atoms with E-state index in [1.165, 1.54) is 19.3 Å². The SMILES string of the molecule is C=C1C[C@H]2[C@@H]3CCC4=C(CCC5(C4)OCCO5)[C@H]3CC[C@]2(C)C1=O. The molecular formula is C21H28O3. The molecule has 0 aromatic heterocycles. The molecule has 0 bridgehead atoms. The van der Waals surface area contributed by atoms with Crippen LogP contribution in [0, 0.1) is 23.2 Å². The van der Waals surface area contributed by atoms with E-state index in [1.54, 1.807) is 11.1 Å². The molecule has 0 amide bonds. The lowest BCUT2D eigenvalue weighted by molar-refractivity contribution is -0.165. The van der Waals surface area contributed by atoms with Crippen LogP contribution >= 0.6 is 0 Å². The Labute approximate surface area is 144 Å². The van der Waals surface area contributed by atoms with Crippen molar-refractivity contribution in [1.82, 2.24) is 0 Å². The average Bonchev–Trinajstić information content (AvgIpc) is 3.12. The zero-order valence-corrected chi connectivity index (χ0v) is 14.7. The van der Waals surface area contributed by atoms with Gasteiger partial charge in [-0.2, -0.15) is 0 Å². The number of allylic oxidation sites excluding steroid dienone is 2. The van der Waals surface area contributed by atoms with Crippen molar-refractivity contribution in [1.29, 1.82) is 0 Å². The Hall–Kier alpha value is -0.930. The summed E-state index contributed by atoms with van der Waals surface area (Å²) < 4.78 is 11.9. The van der Waals surface area contributed by atoms with Gasteiger partial charge in [0.25, 0.3) is 0 Å². The van der Waals surface area contributed by atoms with Crippen LogP contribution in [0.1, 0.15) is 58.3 Å². The van der Waals surface area contributed by atoms with Crippen molar-refractivity contribution < 1.29 is 14.3 Å². The molecule has 130 valence electrons. The first-order valence-electron chi connectivity index (χ1n) is 9.74. The Bertz CT molecular complexity index is 639. The molecule has 0 aromatic rings. The number of hydrogen-bond acceptors (Lipinski definition) is 3. The molecule has 4 atom stereocenters. The first kappa shape index (κ1) is 15.3. The summed E-state index contributed by atoms with van der Waals surface area (Å²) in [6.07, 6.45) is 8.72. The number of carbonyl (C=O) groups excluding carboxylic acids is 1. The zero-order chi connectivity index (χ0) is 16.5. The topological polar surface area (TPSA) is 35.5 Å². The highest BCUT2D eigenvalue weighted by atomic mass is 16.7. The number of ketones is 1. The van der Waals surface area contributed by atoms with Crippen molar-refractivity contribution in [3.05, 3.63) is 23.3 Å². The highest BCUT2D eigenvalue weighted by molar-refractivity contribution is 6.02. The third-order valence-corrected chi connectivity index (χ3v) is 7.89. The summed E-state index contributed by atoms with van der Waals surface area (Å²) in [7, 11) is 0. The number of carbonyl (C=O) groups is 1. The second kappa shape index (κ2) is 5.04. The van der Waals surface area contributed by atoms with Crippen LogP contribution in [0.3, 0.4) is 0 Å². The Morgan fingerprint density at radius 3 is 2.71 bits per heavy atom. The Kier molecular flexibility index (Phi) is 3.22. The molecule has 0 unspecified atom stereocenters. The molecule has 2 saturated carbocycles. The second-order valence-corrected chi connectivity index (χ2v) is 8.92. The fraction of sp³-hybridized carbons (Fsp3) is 0.762. The van der Waals surface area contributed by atoms with Gasteiger partial charge >= 0.3 is 0 Å². The molecule has 1 aliphatic heterocycles. The molecule has 1 heterocycles. The van der Waals surface area contributed by atoms with Crippen molar-refractivity contribution in [2.24, 2.45) is 23.2 Å². The van der Waals surface area contributed by atoms with Crippen molar-refractivity contribution in [3.8, 4) is 0 Å². The molecule has 24 heavy (non-hydrogen) atoms. The standard InChI is InChI=1S/C21H28O3/c1-13-11-18-17-4-3-14-12-21(23-9-10-24-21)8-6-15(14)16(17)5-7-20(18,2)19(13)22/h16-18H,1,3-12H2,2H3/t16-,17-,18+,20+/m1/s1. The van der Waals surface area contributed by atoms with E-state index in [4.69, 9.17) is 9.47 Å². The summed E-state index contributed by atoms with van der Waals surface area (Å²) in [6, 6.07) is 0. The van der Waals surface area contributed by atoms with Gasteiger partial charge in [-0.25, -0.2) is 0 Å². The molecule has 5 aliphatic rings. The number of ether oxygens (including phenoxy) is 2. The van der Waals surface area contributed by atoms with Crippen LogP contribution < -0.4 is 0 Å². The normalized spacial score (nSPS) is 43.8. The molecule has 3 fully saturated rings. The molecule has 0 N–H and O–H groups in total. The first-order chi connectivity index (χ1) is 11.5. The number of fused-ring (bicyclic) bond motifs is 4. The quantitative estimate of drug-likeness (QED) is 0.494. The maximum absolute atomic E-state index is 12.6. The predicted molar refractivity (Wildman–Crippen MR) is 91.3 cm³/mol. The lowest BCUT2D eigenvalue weighted by atomic mass is 9.54. The zero-order valence-electron chi connectivity index (χ0n) is 14.7. The molecule has 5 rings (SSSR count). The van der Waals surface area contributed by atoms with Crippen LogP contribution in [-0.4, -0.2) is 24.8 Å². The monoisotopic (exact) mass is 328 g/mol. The van der Waals surface area contributed by atoms with E-state index in [1.807, 2.05) is 0 Å². The smallest absolute Gasteiger partial charge is 0.172 e. The predicted octanol–water partition coefficient (Wildman–Crippen LogP) is 4.18. The number of hydrogen-bond donors (Lipinski definition) is 0. The lowest BCUT2D eigenvalue weighted by Gasteiger charge is -2.50. The van der Waals surface area contributed by atoms with E-state index in [2.05, 4.69) is 13.5 Å². The van der Waals surface area contributed by atoms with Gasteiger partial charge in [-0.15, -0.1) is 0 Å². The van der Waals surface area contributed by atoms with E-state index in [9.17, 15) is 4.79 Å². The van der Waals surface area contributed by atoms with E-state index < -0.39 is 0 Å². The number of rotatable bonds is 0. The molecule has 1 spiro atoms. The molecule has 0 aromatic carbocycles. The van der Waals surface area contributed by atoms with Gasteiger partial charge in [-0.3, -0.25) is 4.79 Å². The summed E-state index contributed by atoms with van der Waals surface area (Å²) >= 11 is 0. The highest BCUT2D eigenvalue weighted by Gasteiger charge is 2.57. The third-order valence-electron chi connectivity index (χ3n) is 7.89. The fourth-order valence-corrected chi connectivity index (χ4v) is 6.67. The largest absolute Gasteiger partial charge is 0.347 e. The minimum absolute atomic E-state index is 0.121. The summed E-state index contributed by atoms with van der Waals surface area (Å²) in [5.74, 6) is 1.97. The van der Waals surface area contributed by atoms with Crippen molar-refractivity contribution in [3.63, 3.8) is 0 Å². The number of Topliss-reactive ketones (excluding diaryl/α,β-unsaturated/α-hetero) is 1. The van der Waals surface area contributed by atoms with E-state index in [0.717, 1.165) is 50.9 Å². The summed E-state index contributed by atoms with van der Waals surface area (Å²) in [6.45, 7) is 7.79. The molecule has 4 aliphatic carbocycles. The van der Waals surface area contributed by atoms with E-state index >= 15 is 0 Å². The molecule has 3 heteroatoms. The summed E-state index contributed by atoms with van der Waals surface area (Å²) in [5, 5.41) is 0. The minimum Gasteiger partial charge on any atom is -0.347 e. The van der Waals surface area contributed by atoms with Gasteiger partial charge < -0.3 is 9.47 Å². The maximum Gasteiger partial charge on any atom is 0.172 e. The maximum atomic E-state index is 12.6. The fourth-order valence-electron chi connectivity index (χ4n) is 6.67. The van der Waals surface area contributed by atoms with Crippen LogP contribution in [-0.2, 0) is 14.3 Å². The van der Waals surface area contributed by atoms with Gasteiger partial charge in [-0.05, 0) is 61.9 Å². The van der Waals surface area contributed by atoms with E-state index in [-0.39, 0.29) is 11.2 Å². The van der Waals surface area contributed by atoms with Gasteiger partial charge in [0, 0.05) is 18.3 Å². The first-order valence-corrected chi connectivity index (χ1v) is 9.74. The molecular weight excluding hydrogens is 300 g/mol. The van der Waals surface area contributed by atoms with Crippen LogP contribution in [0.2, 0.25) is 0 Å². The van der Waals surface area contributed by atoms with Crippen molar-refractivity contribution in [2.75, 3.05) is 13.2 Å². The second-order valence-electron chi connectivity index (χ2n) is 8.92. The minimum atomic E-state index is -0.299. The molecule has 3 nitrogen and oxygen atoms in total.